The highest BCUT2D eigenvalue weighted by molar-refractivity contribution is 7.49. The zero-order valence-electron chi connectivity index (χ0n) is 21.8. The van der Waals surface area contributed by atoms with E-state index in [0.717, 1.165) is 24.3 Å². The number of aliphatic imine (C=N–C) groups is 1. The summed E-state index contributed by atoms with van der Waals surface area (Å²) in [5.74, 6) is 0.994. The number of ether oxygens (including phenoxy) is 1. The molecule has 0 bridgehead atoms. The number of para-hydroxylation sites is 1. The van der Waals surface area contributed by atoms with Crippen molar-refractivity contribution in [2.24, 2.45) is 4.99 Å². The van der Waals surface area contributed by atoms with Crippen molar-refractivity contribution < 1.29 is 4.74 Å². The molecule has 4 aromatic rings. The third-order valence-electron chi connectivity index (χ3n) is 6.87. The van der Waals surface area contributed by atoms with E-state index in [1.54, 1.807) is 0 Å². The molecule has 0 amide bonds. The monoisotopic (exact) mass is 493 g/mol. The summed E-state index contributed by atoms with van der Waals surface area (Å²) in [6.07, 6.45) is 4.11. The summed E-state index contributed by atoms with van der Waals surface area (Å²) < 4.78 is 6.47. The fraction of sp³-hybridized carbons (Fsp3) is 0.242. The number of rotatable bonds is 10. The Morgan fingerprint density at radius 3 is 2.19 bits per heavy atom. The van der Waals surface area contributed by atoms with E-state index >= 15 is 0 Å². The third kappa shape index (κ3) is 6.12. The summed E-state index contributed by atoms with van der Waals surface area (Å²) >= 11 is 0. The first-order chi connectivity index (χ1) is 17.5. The Hall–Kier alpha value is -3.22. The highest BCUT2D eigenvalue weighted by Gasteiger charge is 2.33. The average Bonchev–Trinajstić information content (AvgIpc) is 2.92. The first-order valence-electron chi connectivity index (χ1n) is 12.8. The lowest BCUT2D eigenvalue weighted by atomic mass is 9.90. The molecule has 0 aliphatic carbocycles. The Morgan fingerprint density at radius 1 is 0.806 bits per heavy atom. The molecule has 1 unspecified atom stereocenters. The molecule has 0 aliphatic rings. The van der Waals surface area contributed by atoms with Crippen LogP contribution >= 0.6 is 8.58 Å². The van der Waals surface area contributed by atoms with E-state index in [4.69, 9.17) is 9.73 Å². The van der Waals surface area contributed by atoms with Gasteiger partial charge in [-0.3, -0.25) is 4.99 Å². The fourth-order valence-corrected chi connectivity index (χ4v) is 6.36. The van der Waals surface area contributed by atoms with E-state index < -0.39 is 0 Å². The van der Waals surface area contributed by atoms with Crippen LogP contribution in [0.15, 0.2) is 102 Å². The predicted octanol–water partition coefficient (Wildman–Crippen LogP) is 8.65. The van der Waals surface area contributed by atoms with Gasteiger partial charge in [0.25, 0.3) is 0 Å². The number of aryl methyl sites for hydroxylation is 2. The maximum atomic E-state index is 6.47. The van der Waals surface area contributed by atoms with Crippen LogP contribution in [-0.2, 0) is 11.8 Å². The van der Waals surface area contributed by atoms with Crippen molar-refractivity contribution in [2.75, 3.05) is 0 Å². The molecule has 0 N–H and O–H groups in total. The lowest BCUT2D eigenvalue weighted by Crippen LogP contribution is -2.25. The van der Waals surface area contributed by atoms with Crippen LogP contribution in [0.5, 0.6) is 5.75 Å². The van der Waals surface area contributed by atoms with Crippen molar-refractivity contribution in [1.29, 1.82) is 0 Å². The molecule has 184 valence electrons. The van der Waals surface area contributed by atoms with Crippen LogP contribution in [0.3, 0.4) is 0 Å². The molecule has 0 spiro atoms. The standard InChI is InChI=1S/C33H36NOP/c1-5-33(6-2,30-22-25(3)20-21-31(30)35-24-27-15-9-7-10-16-27)36-32-26(4)14-13-17-28(32)23-34-29-18-11-8-12-19-29/h7-23,36H,5-6,24H2,1-4H3. The SMILES string of the molecule is CCC(CC)(Pc1c(C)cccc1C=Nc1ccccc1)c1cc(C)ccc1OCc1ccccc1. The van der Waals surface area contributed by atoms with Crippen molar-refractivity contribution >= 4 is 25.8 Å². The predicted molar refractivity (Wildman–Crippen MR) is 157 cm³/mol. The van der Waals surface area contributed by atoms with Gasteiger partial charge in [0.05, 0.1) is 5.69 Å². The normalized spacial score (nSPS) is 12.0. The van der Waals surface area contributed by atoms with E-state index in [-0.39, 0.29) is 5.16 Å². The van der Waals surface area contributed by atoms with E-state index in [0.29, 0.717) is 15.2 Å². The van der Waals surface area contributed by atoms with Gasteiger partial charge >= 0.3 is 0 Å². The number of hydrogen-bond acceptors (Lipinski definition) is 2. The highest BCUT2D eigenvalue weighted by Crippen LogP contribution is 2.51. The van der Waals surface area contributed by atoms with Gasteiger partial charge in [-0.05, 0) is 61.3 Å². The van der Waals surface area contributed by atoms with Crippen LogP contribution in [0.2, 0.25) is 0 Å². The number of hydrogen-bond donors (Lipinski definition) is 0. The van der Waals surface area contributed by atoms with Gasteiger partial charge in [0.1, 0.15) is 12.4 Å². The van der Waals surface area contributed by atoms with Gasteiger partial charge in [0, 0.05) is 22.5 Å². The number of benzene rings is 4. The Labute approximate surface area is 218 Å². The van der Waals surface area contributed by atoms with Crippen LogP contribution < -0.4 is 10.0 Å². The second-order valence-electron chi connectivity index (χ2n) is 9.32. The van der Waals surface area contributed by atoms with E-state index in [9.17, 15) is 0 Å². The smallest absolute Gasteiger partial charge is 0.123 e. The Morgan fingerprint density at radius 2 is 1.50 bits per heavy atom. The number of nitrogens with zero attached hydrogens (tertiary/aromatic N) is 1. The Bertz CT molecular complexity index is 1290. The molecule has 2 nitrogen and oxygen atoms in total. The van der Waals surface area contributed by atoms with Gasteiger partial charge in [-0.15, -0.1) is 0 Å². The first kappa shape index (κ1) is 25.9. The second-order valence-corrected chi connectivity index (χ2v) is 11.0. The maximum absolute atomic E-state index is 6.47. The Balaban J connectivity index is 1.71. The van der Waals surface area contributed by atoms with Gasteiger partial charge in [0.15, 0.2) is 0 Å². The second kappa shape index (κ2) is 12.2. The molecule has 4 rings (SSSR count). The molecule has 4 aromatic carbocycles. The van der Waals surface area contributed by atoms with Crippen LogP contribution in [0.25, 0.3) is 0 Å². The Kier molecular flexibility index (Phi) is 8.73. The van der Waals surface area contributed by atoms with E-state index in [2.05, 4.69) is 88.4 Å². The third-order valence-corrected chi connectivity index (χ3v) is 9.26. The molecular formula is C33H36NOP. The summed E-state index contributed by atoms with van der Waals surface area (Å²) in [6.45, 7) is 9.60. The van der Waals surface area contributed by atoms with Crippen LogP contribution in [0.4, 0.5) is 5.69 Å². The van der Waals surface area contributed by atoms with E-state index in [1.807, 2.05) is 42.6 Å². The molecular weight excluding hydrogens is 457 g/mol. The molecule has 36 heavy (non-hydrogen) atoms. The maximum Gasteiger partial charge on any atom is 0.123 e. The van der Waals surface area contributed by atoms with Gasteiger partial charge in [0.2, 0.25) is 0 Å². The topological polar surface area (TPSA) is 21.6 Å². The van der Waals surface area contributed by atoms with Gasteiger partial charge < -0.3 is 4.74 Å². The lowest BCUT2D eigenvalue weighted by molar-refractivity contribution is 0.298. The van der Waals surface area contributed by atoms with E-state index in [1.165, 1.54) is 33.1 Å². The summed E-state index contributed by atoms with van der Waals surface area (Å²) in [7, 11) is 0.601. The summed E-state index contributed by atoms with van der Waals surface area (Å²) in [5, 5.41) is 1.37. The quantitative estimate of drug-likeness (QED) is 0.160. The molecule has 0 radical (unpaired) electrons. The zero-order chi connectivity index (χ0) is 25.4. The van der Waals surface area contributed by atoms with Crippen molar-refractivity contribution in [3.05, 3.63) is 125 Å². The molecule has 0 heterocycles. The molecule has 0 aromatic heterocycles. The average molecular weight is 494 g/mol. The van der Waals surface area contributed by atoms with Crippen LogP contribution in [0, 0.1) is 13.8 Å². The minimum atomic E-state index is -0.0144. The minimum Gasteiger partial charge on any atom is -0.489 e. The van der Waals surface area contributed by atoms with Crippen LogP contribution in [0.1, 0.15) is 54.5 Å². The molecule has 0 fully saturated rings. The molecule has 0 aliphatic heterocycles. The summed E-state index contributed by atoms with van der Waals surface area (Å²) in [6, 6.07) is 33.8. The fourth-order valence-electron chi connectivity index (χ4n) is 4.62. The molecule has 0 saturated carbocycles. The zero-order valence-corrected chi connectivity index (χ0v) is 22.8. The molecule has 0 saturated heterocycles. The van der Waals surface area contributed by atoms with Gasteiger partial charge in [-0.25, -0.2) is 0 Å². The highest BCUT2D eigenvalue weighted by atomic mass is 31.1. The van der Waals surface area contributed by atoms with Gasteiger partial charge in [-0.2, -0.15) is 0 Å². The van der Waals surface area contributed by atoms with Crippen molar-refractivity contribution in [3.63, 3.8) is 0 Å². The molecule has 1 atom stereocenters. The largest absolute Gasteiger partial charge is 0.489 e. The first-order valence-corrected chi connectivity index (χ1v) is 13.8. The van der Waals surface area contributed by atoms with Crippen LogP contribution in [-0.4, -0.2) is 6.21 Å². The lowest BCUT2D eigenvalue weighted by Gasteiger charge is -2.35. The van der Waals surface area contributed by atoms with Gasteiger partial charge in [-0.1, -0.05) is 107 Å². The van der Waals surface area contributed by atoms with Crippen molar-refractivity contribution in [2.45, 2.75) is 52.3 Å². The summed E-state index contributed by atoms with van der Waals surface area (Å²) in [5.41, 5.74) is 7.25. The van der Waals surface area contributed by atoms with Crippen molar-refractivity contribution in [3.8, 4) is 5.75 Å². The van der Waals surface area contributed by atoms with Crippen molar-refractivity contribution in [1.82, 2.24) is 0 Å². The summed E-state index contributed by atoms with van der Waals surface area (Å²) in [4.78, 5) is 4.78. The minimum absolute atomic E-state index is 0.0144. The molecule has 3 heteroatoms.